The fraction of sp³-hybridized carbons (Fsp3) is 0.595. The van der Waals surface area contributed by atoms with E-state index in [1.807, 2.05) is 0 Å². The van der Waals surface area contributed by atoms with Crippen molar-refractivity contribution in [2.75, 3.05) is 0 Å². The van der Waals surface area contributed by atoms with Gasteiger partial charge in [-0.25, -0.2) is 0 Å². The molecule has 9 unspecified atom stereocenters. The van der Waals surface area contributed by atoms with Crippen molar-refractivity contribution in [1.82, 2.24) is 0 Å². The molecule has 2 saturated carbocycles. The Kier molecular flexibility index (Phi) is 7.59. The summed E-state index contributed by atoms with van der Waals surface area (Å²) in [4.78, 5) is 42.8. The van der Waals surface area contributed by atoms with E-state index in [4.69, 9.17) is 4.74 Å². The highest BCUT2D eigenvalue weighted by molar-refractivity contribution is 6.01. The van der Waals surface area contributed by atoms with Crippen LogP contribution in [0.1, 0.15) is 80.2 Å². The van der Waals surface area contributed by atoms with E-state index < -0.39 is 29.3 Å². The Balaban J connectivity index is 1.32. The van der Waals surface area contributed by atoms with E-state index in [1.165, 1.54) is 18.4 Å². The molecule has 2 aromatic carbocycles. The van der Waals surface area contributed by atoms with E-state index in [-0.39, 0.29) is 23.5 Å². The maximum atomic E-state index is 14.5. The first-order valence-corrected chi connectivity index (χ1v) is 16.0. The summed E-state index contributed by atoms with van der Waals surface area (Å²) < 4.78 is 6.77. The molecular weight excluding hydrogens is 508 g/mol. The lowest BCUT2D eigenvalue weighted by Crippen LogP contribution is -2.45. The van der Waals surface area contributed by atoms with Gasteiger partial charge < -0.3 is 4.74 Å². The van der Waals surface area contributed by atoms with E-state index in [0.717, 1.165) is 35.1 Å². The van der Waals surface area contributed by atoms with Gasteiger partial charge in [0, 0.05) is 18.8 Å². The first-order valence-electron chi connectivity index (χ1n) is 16.0. The van der Waals surface area contributed by atoms with Gasteiger partial charge in [0.05, 0.1) is 29.5 Å². The topological polar surface area (TPSA) is 60.4 Å². The van der Waals surface area contributed by atoms with Gasteiger partial charge in [-0.3, -0.25) is 14.4 Å². The van der Waals surface area contributed by atoms with Crippen molar-refractivity contribution < 1.29 is 19.1 Å². The molecule has 218 valence electrons. The van der Waals surface area contributed by atoms with Crippen LogP contribution in [-0.4, -0.2) is 29.1 Å². The molecule has 0 N–H and O–H groups in total. The van der Waals surface area contributed by atoms with Crippen LogP contribution in [0.15, 0.2) is 42.5 Å². The Morgan fingerprint density at radius 3 is 2.29 bits per heavy atom. The van der Waals surface area contributed by atoms with Crippen LogP contribution in [-0.2, 0) is 32.0 Å². The van der Waals surface area contributed by atoms with Gasteiger partial charge in [-0.05, 0) is 75.3 Å². The van der Waals surface area contributed by atoms with Crippen molar-refractivity contribution in [2.24, 2.45) is 41.4 Å². The fourth-order valence-electron chi connectivity index (χ4n) is 9.29. The Hall–Kier alpha value is -2.59. The average Bonchev–Trinajstić information content (AvgIpc) is 3.55. The minimum Gasteiger partial charge on any atom is -0.369 e. The van der Waals surface area contributed by atoms with Crippen LogP contribution in [0.25, 0.3) is 0 Å². The molecule has 2 bridgehead atoms. The normalized spacial score (nSPS) is 36.0. The summed E-state index contributed by atoms with van der Waals surface area (Å²) in [6.45, 7) is 10.8. The van der Waals surface area contributed by atoms with Gasteiger partial charge in [-0.2, -0.15) is 0 Å². The minimum absolute atomic E-state index is 0.0893. The Morgan fingerprint density at radius 2 is 1.59 bits per heavy atom. The number of ketones is 3. The smallest absolute Gasteiger partial charge is 0.143 e. The molecule has 2 aromatic rings. The van der Waals surface area contributed by atoms with E-state index in [1.54, 1.807) is 0 Å². The SMILES string of the molecule is Cc1ccc(CC2C(=O)C3C(C(=O)CC4CCCC(C)C4C)C4CCC3(O4)C2C(=O)Cc2cc(C)cc(C)c2)cc1. The number of fused-ring (bicyclic) bond motifs is 1. The largest absolute Gasteiger partial charge is 0.369 e. The van der Waals surface area contributed by atoms with Crippen LogP contribution in [0, 0.1) is 62.2 Å². The van der Waals surface area contributed by atoms with Crippen LogP contribution < -0.4 is 0 Å². The molecule has 4 fully saturated rings. The van der Waals surface area contributed by atoms with E-state index in [9.17, 15) is 14.4 Å². The molecule has 0 radical (unpaired) electrons. The predicted molar refractivity (Wildman–Crippen MR) is 161 cm³/mol. The summed E-state index contributed by atoms with van der Waals surface area (Å²) in [5.41, 5.74) is 4.67. The van der Waals surface area contributed by atoms with Crippen molar-refractivity contribution in [1.29, 1.82) is 0 Å². The summed E-state index contributed by atoms with van der Waals surface area (Å²) >= 11 is 0. The van der Waals surface area contributed by atoms with Gasteiger partial charge in [0.2, 0.25) is 0 Å². The highest BCUT2D eigenvalue weighted by Crippen LogP contribution is 2.63. The molecule has 2 aliphatic heterocycles. The molecule has 1 spiro atoms. The lowest BCUT2D eigenvalue weighted by atomic mass is 9.65. The van der Waals surface area contributed by atoms with Crippen LogP contribution >= 0.6 is 0 Å². The van der Waals surface area contributed by atoms with E-state index in [0.29, 0.717) is 43.4 Å². The molecule has 6 rings (SSSR count). The van der Waals surface area contributed by atoms with Gasteiger partial charge in [-0.1, -0.05) is 85.8 Å². The second kappa shape index (κ2) is 10.9. The zero-order chi connectivity index (χ0) is 29.1. The fourth-order valence-corrected chi connectivity index (χ4v) is 9.29. The molecule has 41 heavy (non-hydrogen) atoms. The average molecular weight is 555 g/mol. The molecule has 4 heteroatoms. The third kappa shape index (κ3) is 5.05. The highest BCUT2D eigenvalue weighted by Gasteiger charge is 2.73. The summed E-state index contributed by atoms with van der Waals surface area (Å²) in [5.74, 6) is 0.0452. The van der Waals surface area contributed by atoms with Gasteiger partial charge in [0.15, 0.2) is 0 Å². The van der Waals surface area contributed by atoms with Crippen molar-refractivity contribution in [3.8, 4) is 0 Å². The molecule has 2 saturated heterocycles. The summed E-state index contributed by atoms with van der Waals surface area (Å²) in [6.07, 6.45) is 6.08. The van der Waals surface area contributed by atoms with E-state index >= 15 is 0 Å². The second-order valence-corrected chi connectivity index (χ2v) is 14.2. The lowest BCUT2D eigenvalue weighted by molar-refractivity contribution is -0.135. The Morgan fingerprint density at radius 1 is 0.878 bits per heavy atom. The summed E-state index contributed by atoms with van der Waals surface area (Å²) in [5, 5.41) is 0. The summed E-state index contributed by atoms with van der Waals surface area (Å²) in [7, 11) is 0. The summed E-state index contributed by atoms with van der Waals surface area (Å²) in [6, 6.07) is 14.6. The number of carbonyl (C=O) groups is 3. The van der Waals surface area contributed by atoms with Gasteiger partial charge in [0.1, 0.15) is 17.3 Å². The number of carbonyl (C=O) groups excluding carboxylic acids is 3. The quantitative estimate of drug-likeness (QED) is 0.353. The van der Waals surface area contributed by atoms with Gasteiger partial charge in [0.25, 0.3) is 0 Å². The number of aryl methyl sites for hydroxylation is 3. The minimum atomic E-state index is -0.834. The number of benzene rings is 2. The van der Waals surface area contributed by atoms with E-state index in [2.05, 4.69) is 77.1 Å². The molecule has 9 atom stereocenters. The van der Waals surface area contributed by atoms with Gasteiger partial charge in [-0.15, -0.1) is 0 Å². The van der Waals surface area contributed by atoms with Crippen molar-refractivity contribution >= 4 is 17.3 Å². The first-order chi connectivity index (χ1) is 19.6. The predicted octanol–water partition coefficient (Wildman–Crippen LogP) is 6.98. The van der Waals surface area contributed by atoms with Gasteiger partial charge >= 0.3 is 0 Å². The Bertz CT molecular complexity index is 1320. The van der Waals surface area contributed by atoms with Crippen LogP contribution in [0.3, 0.4) is 0 Å². The number of Topliss-reactive ketones (excluding diaryl/α,β-unsaturated/α-hetero) is 3. The molecular formula is C37H46O4. The van der Waals surface area contributed by atoms with Crippen LogP contribution in [0.4, 0.5) is 0 Å². The third-order valence-corrected chi connectivity index (χ3v) is 11.4. The van der Waals surface area contributed by atoms with Crippen LogP contribution in [0.2, 0.25) is 0 Å². The molecule has 4 nitrogen and oxygen atoms in total. The monoisotopic (exact) mass is 554 g/mol. The molecule has 2 aliphatic carbocycles. The van der Waals surface area contributed by atoms with Crippen molar-refractivity contribution in [3.05, 3.63) is 70.3 Å². The first kappa shape index (κ1) is 28.5. The number of hydrogen-bond donors (Lipinski definition) is 0. The number of ether oxygens (including phenoxy) is 1. The Labute approximate surface area is 245 Å². The standard InChI is InChI=1S/C37H46O4/c1-21-9-11-26(12-10-21)18-29-34(31(39)19-27-16-22(2)15-23(3)17-27)37-14-13-32(41-37)33(35(37)36(29)40)30(38)20-28-8-6-7-24(4)25(28)5/h9-12,15-17,24-25,28-29,32-35H,6-8,13-14,18-20H2,1-5H3. The van der Waals surface area contributed by atoms with Crippen molar-refractivity contribution in [3.63, 3.8) is 0 Å². The number of hydrogen-bond acceptors (Lipinski definition) is 4. The number of rotatable bonds is 8. The van der Waals surface area contributed by atoms with Crippen LogP contribution in [0.5, 0.6) is 0 Å². The zero-order valence-electron chi connectivity index (χ0n) is 25.5. The second-order valence-electron chi connectivity index (χ2n) is 14.2. The maximum Gasteiger partial charge on any atom is 0.143 e. The molecule has 0 aromatic heterocycles. The third-order valence-electron chi connectivity index (χ3n) is 11.4. The molecule has 2 heterocycles. The zero-order valence-corrected chi connectivity index (χ0v) is 25.5. The van der Waals surface area contributed by atoms with Crippen molar-refractivity contribution in [2.45, 2.75) is 97.7 Å². The lowest BCUT2D eigenvalue weighted by Gasteiger charge is -2.36. The molecule has 4 aliphatic rings. The molecule has 0 amide bonds. The highest BCUT2D eigenvalue weighted by atomic mass is 16.5. The maximum absolute atomic E-state index is 14.5.